The topological polar surface area (TPSA) is 27.3 Å². The highest BCUT2D eigenvalue weighted by Crippen LogP contribution is 2.13. The third kappa shape index (κ3) is 17.6. The second-order valence-electron chi connectivity index (χ2n) is 7.95. The Morgan fingerprint density at radius 3 is 1.42 bits per heavy atom. The quantitative estimate of drug-likeness (QED) is 0.278. The van der Waals surface area contributed by atoms with Crippen molar-refractivity contribution in [3.8, 4) is 0 Å². The monoisotopic (exact) mass is 389 g/mol. The highest BCUT2D eigenvalue weighted by atomic mass is 35.5. The van der Waals surface area contributed by atoms with E-state index in [0.717, 1.165) is 26.2 Å². The molecule has 4 heteroatoms. The van der Waals surface area contributed by atoms with Crippen molar-refractivity contribution < 1.29 is 0 Å². The first-order chi connectivity index (χ1) is 12.4. The van der Waals surface area contributed by atoms with Crippen LogP contribution in [0.1, 0.15) is 110 Å². The van der Waals surface area contributed by atoms with Gasteiger partial charge in [-0.05, 0) is 6.42 Å². The number of unbranched alkanes of at least 4 members (excludes halogenated alkanes) is 15. The van der Waals surface area contributed by atoms with E-state index in [-0.39, 0.29) is 12.4 Å². The Balaban J connectivity index is 0.00000625. The van der Waals surface area contributed by atoms with Gasteiger partial charge in [-0.3, -0.25) is 5.43 Å². The molecule has 1 aliphatic rings. The van der Waals surface area contributed by atoms with Crippen molar-refractivity contribution in [3.05, 3.63) is 0 Å². The van der Waals surface area contributed by atoms with Gasteiger partial charge in [-0.1, -0.05) is 103 Å². The summed E-state index contributed by atoms with van der Waals surface area (Å²) in [5, 5.41) is 5.77. The van der Waals surface area contributed by atoms with Crippen LogP contribution in [-0.2, 0) is 0 Å². The Labute approximate surface area is 170 Å². The second-order valence-corrected chi connectivity index (χ2v) is 7.95. The van der Waals surface area contributed by atoms with Crippen LogP contribution in [0, 0.1) is 0 Å². The molecule has 0 aromatic rings. The molecule has 26 heavy (non-hydrogen) atoms. The van der Waals surface area contributed by atoms with E-state index < -0.39 is 0 Å². The molecule has 1 rings (SSSR count). The van der Waals surface area contributed by atoms with Gasteiger partial charge >= 0.3 is 0 Å². The Hall–Kier alpha value is 0.170. The molecule has 1 saturated heterocycles. The summed E-state index contributed by atoms with van der Waals surface area (Å²) in [7, 11) is 0. The van der Waals surface area contributed by atoms with Gasteiger partial charge in [0.2, 0.25) is 0 Å². The summed E-state index contributed by atoms with van der Waals surface area (Å²) in [4.78, 5) is 0. The zero-order valence-electron chi connectivity index (χ0n) is 17.7. The third-order valence-electron chi connectivity index (χ3n) is 5.48. The van der Waals surface area contributed by atoms with Crippen LogP contribution in [0.4, 0.5) is 0 Å². The zero-order chi connectivity index (χ0) is 17.8. The van der Waals surface area contributed by atoms with E-state index in [1.165, 1.54) is 109 Å². The minimum absolute atomic E-state index is 0. The molecule has 1 fully saturated rings. The first kappa shape index (κ1) is 26.2. The molecule has 1 heterocycles. The van der Waals surface area contributed by atoms with Gasteiger partial charge in [-0.15, -0.1) is 12.4 Å². The van der Waals surface area contributed by atoms with Gasteiger partial charge < -0.3 is 5.32 Å². The Morgan fingerprint density at radius 1 is 0.615 bits per heavy atom. The number of nitrogens with one attached hydrogen (secondary N) is 2. The maximum Gasteiger partial charge on any atom is 0.0256 e. The summed E-state index contributed by atoms with van der Waals surface area (Å²) in [6.45, 7) is 8.03. The van der Waals surface area contributed by atoms with Crippen molar-refractivity contribution in [2.24, 2.45) is 0 Å². The molecule has 0 saturated carbocycles. The SMILES string of the molecule is CCCCCCCCCCCCCCCCCCNN1CCNCC1.Cl. The van der Waals surface area contributed by atoms with Gasteiger partial charge in [0.15, 0.2) is 0 Å². The van der Waals surface area contributed by atoms with Crippen LogP contribution in [0.25, 0.3) is 0 Å². The average molecular weight is 390 g/mol. The fourth-order valence-corrected chi connectivity index (χ4v) is 3.73. The van der Waals surface area contributed by atoms with Crippen LogP contribution in [0.3, 0.4) is 0 Å². The summed E-state index contributed by atoms with van der Waals surface area (Å²) in [6.07, 6.45) is 23.1. The summed E-state index contributed by atoms with van der Waals surface area (Å²) in [5.41, 5.74) is 3.56. The molecule has 0 unspecified atom stereocenters. The molecule has 0 atom stereocenters. The van der Waals surface area contributed by atoms with Gasteiger partial charge in [-0.2, -0.15) is 0 Å². The Bertz CT molecular complexity index is 258. The van der Waals surface area contributed by atoms with Gasteiger partial charge in [-0.25, -0.2) is 5.01 Å². The summed E-state index contributed by atoms with van der Waals surface area (Å²) < 4.78 is 0. The third-order valence-corrected chi connectivity index (χ3v) is 5.48. The summed E-state index contributed by atoms with van der Waals surface area (Å²) in [6, 6.07) is 0. The van der Waals surface area contributed by atoms with Gasteiger partial charge in [0, 0.05) is 32.7 Å². The van der Waals surface area contributed by atoms with Gasteiger partial charge in [0.05, 0.1) is 0 Å². The van der Waals surface area contributed by atoms with Crippen molar-refractivity contribution in [1.29, 1.82) is 0 Å². The van der Waals surface area contributed by atoms with Crippen molar-refractivity contribution in [2.45, 2.75) is 110 Å². The fourth-order valence-electron chi connectivity index (χ4n) is 3.73. The highest BCUT2D eigenvalue weighted by Gasteiger charge is 2.07. The first-order valence-corrected chi connectivity index (χ1v) is 11.6. The Morgan fingerprint density at radius 2 is 1.00 bits per heavy atom. The maximum absolute atomic E-state index is 3.56. The number of nitrogens with zero attached hydrogens (tertiary/aromatic N) is 1. The van der Waals surface area contributed by atoms with E-state index in [9.17, 15) is 0 Å². The Kier molecular flexibility index (Phi) is 21.6. The van der Waals surface area contributed by atoms with Crippen LogP contribution in [0.2, 0.25) is 0 Å². The van der Waals surface area contributed by atoms with E-state index in [1.54, 1.807) is 0 Å². The number of hydrogen-bond donors (Lipinski definition) is 2. The number of halogens is 1. The van der Waals surface area contributed by atoms with Gasteiger partial charge in [0.25, 0.3) is 0 Å². The van der Waals surface area contributed by atoms with E-state index in [4.69, 9.17) is 0 Å². The van der Waals surface area contributed by atoms with E-state index in [0.29, 0.717) is 0 Å². The van der Waals surface area contributed by atoms with Crippen LogP contribution in [0.5, 0.6) is 0 Å². The molecule has 0 amide bonds. The summed E-state index contributed by atoms with van der Waals surface area (Å²) >= 11 is 0. The summed E-state index contributed by atoms with van der Waals surface area (Å²) in [5.74, 6) is 0. The molecule has 0 aromatic carbocycles. The molecule has 3 nitrogen and oxygen atoms in total. The predicted octanol–water partition coefficient (Wildman–Crippen LogP) is 6.08. The average Bonchev–Trinajstić information content (AvgIpc) is 2.65. The number of hydrazine groups is 1. The van der Waals surface area contributed by atoms with E-state index >= 15 is 0 Å². The number of piperazine rings is 1. The molecule has 0 aromatic heterocycles. The molecule has 1 aliphatic heterocycles. The van der Waals surface area contributed by atoms with Crippen LogP contribution in [0.15, 0.2) is 0 Å². The van der Waals surface area contributed by atoms with Crippen molar-refractivity contribution in [3.63, 3.8) is 0 Å². The smallest absolute Gasteiger partial charge is 0.0256 e. The lowest BCUT2D eigenvalue weighted by Gasteiger charge is -2.27. The van der Waals surface area contributed by atoms with Gasteiger partial charge in [0.1, 0.15) is 0 Å². The lowest BCUT2D eigenvalue weighted by atomic mass is 10.0. The zero-order valence-corrected chi connectivity index (χ0v) is 18.5. The molecule has 0 bridgehead atoms. The van der Waals surface area contributed by atoms with Crippen molar-refractivity contribution >= 4 is 12.4 Å². The predicted molar refractivity (Wildman–Crippen MR) is 119 cm³/mol. The van der Waals surface area contributed by atoms with Crippen LogP contribution in [-0.4, -0.2) is 37.7 Å². The molecule has 0 spiro atoms. The highest BCUT2D eigenvalue weighted by molar-refractivity contribution is 5.85. The maximum atomic E-state index is 3.56. The lowest BCUT2D eigenvalue weighted by Crippen LogP contribution is -2.50. The lowest BCUT2D eigenvalue weighted by molar-refractivity contribution is 0.163. The second kappa shape index (κ2) is 21.5. The minimum atomic E-state index is 0. The largest absolute Gasteiger partial charge is 0.314 e. The molecule has 2 N–H and O–H groups in total. The van der Waals surface area contributed by atoms with Crippen LogP contribution >= 0.6 is 12.4 Å². The van der Waals surface area contributed by atoms with E-state index in [2.05, 4.69) is 22.7 Å². The standard InChI is InChI=1S/C22H47N3.ClH/c1-2-3-4-5-6-7-8-9-10-11-12-13-14-15-16-17-18-24-25-21-19-23-20-22-25;/h23-24H,2-22H2,1H3;1H. The molecular formula is C22H48ClN3. The van der Waals surface area contributed by atoms with Crippen molar-refractivity contribution in [2.75, 3.05) is 32.7 Å². The van der Waals surface area contributed by atoms with Crippen LogP contribution < -0.4 is 10.7 Å². The molecule has 0 radical (unpaired) electrons. The fraction of sp³-hybridized carbons (Fsp3) is 1.00. The normalized spacial score (nSPS) is 15.1. The molecule has 158 valence electrons. The number of rotatable bonds is 18. The number of hydrogen-bond acceptors (Lipinski definition) is 3. The minimum Gasteiger partial charge on any atom is -0.314 e. The van der Waals surface area contributed by atoms with E-state index in [1.807, 2.05) is 0 Å². The van der Waals surface area contributed by atoms with Crippen molar-refractivity contribution in [1.82, 2.24) is 15.8 Å². The first-order valence-electron chi connectivity index (χ1n) is 11.6. The molecule has 0 aliphatic carbocycles. The molecular weight excluding hydrogens is 342 g/mol.